The third-order valence-corrected chi connectivity index (χ3v) is 4.41. The van der Waals surface area contributed by atoms with Gasteiger partial charge < -0.3 is 5.32 Å². The molecule has 2 heterocycles. The first-order valence-electron chi connectivity index (χ1n) is 6.51. The second kappa shape index (κ2) is 6.26. The molecule has 1 atom stereocenters. The van der Waals surface area contributed by atoms with Crippen molar-refractivity contribution in [2.24, 2.45) is 0 Å². The molecule has 0 aromatic carbocycles. The molecule has 0 radical (unpaired) electrons. The number of rotatable bonds is 5. The zero-order valence-corrected chi connectivity index (χ0v) is 12.4. The lowest BCUT2D eigenvalue weighted by Gasteiger charge is -2.15. The summed E-state index contributed by atoms with van der Waals surface area (Å²) in [6.45, 7) is 7.21. The van der Waals surface area contributed by atoms with Crippen LogP contribution in [0.25, 0.3) is 0 Å². The third-order valence-electron chi connectivity index (χ3n) is 3.26. The Morgan fingerprint density at radius 1 is 1.37 bits per heavy atom. The molecule has 0 aliphatic rings. The summed E-state index contributed by atoms with van der Waals surface area (Å²) in [5.41, 5.74) is 2.24. The average molecular weight is 278 g/mol. The van der Waals surface area contributed by atoms with E-state index in [4.69, 9.17) is 0 Å². The van der Waals surface area contributed by atoms with E-state index in [0.717, 1.165) is 18.7 Å². The molecule has 0 saturated heterocycles. The van der Waals surface area contributed by atoms with Crippen LogP contribution in [0.3, 0.4) is 0 Å². The number of hydrogen-bond acceptors (Lipinski definition) is 3. The molecule has 4 heteroatoms. The fraction of sp³-hybridized carbons (Fsp3) is 0.400. The average Bonchev–Trinajstić information content (AvgIpc) is 2.71. The van der Waals surface area contributed by atoms with Crippen molar-refractivity contribution in [3.05, 3.63) is 51.2 Å². The van der Waals surface area contributed by atoms with Crippen molar-refractivity contribution < 1.29 is 4.39 Å². The topological polar surface area (TPSA) is 24.9 Å². The highest BCUT2D eigenvalue weighted by Crippen LogP contribution is 2.22. The first-order valence-corrected chi connectivity index (χ1v) is 7.32. The van der Waals surface area contributed by atoms with E-state index in [1.54, 1.807) is 6.07 Å². The zero-order chi connectivity index (χ0) is 13.8. The van der Waals surface area contributed by atoms with Crippen molar-refractivity contribution in [2.45, 2.75) is 39.8 Å². The van der Waals surface area contributed by atoms with Crippen LogP contribution in [0.2, 0.25) is 0 Å². The molecule has 2 aromatic rings. The molecule has 2 rings (SSSR count). The molecule has 0 bridgehead atoms. The van der Waals surface area contributed by atoms with Crippen LogP contribution in [-0.4, -0.2) is 4.98 Å². The van der Waals surface area contributed by atoms with Crippen molar-refractivity contribution >= 4 is 11.3 Å². The van der Waals surface area contributed by atoms with Gasteiger partial charge in [-0.15, -0.1) is 11.3 Å². The minimum atomic E-state index is -0.289. The smallest absolute Gasteiger partial charge is 0.141 e. The summed E-state index contributed by atoms with van der Waals surface area (Å²) in [7, 11) is 0. The lowest BCUT2D eigenvalue weighted by Crippen LogP contribution is -2.20. The van der Waals surface area contributed by atoms with Crippen molar-refractivity contribution in [1.29, 1.82) is 0 Å². The van der Waals surface area contributed by atoms with Gasteiger partial charge in [-0.3, -0.25) is 4.98 Å². The summed E-state index contributed by atoms with van der Waals surface area (Å²) in [5, 5.41) is 3.49. The molecule has 0 saturated carbocycles. The minimum Gasteiger partial charge on any atom is -0.304 e. The molecule has 1 unspecified atom stereocenters. The van der Waals surface area contributed by atoms with Gasteiger partial charge in [0.05, 0.1) is 11.9 Å². The lowest BCUT2D eigenvalue weighted by molar-refractivity contribution is 0.506. The van der Waals surface area contributed by atoms with E-state index in [-0.39, 0.29) is 11.9 Å². The molecule has 2 aromatic heterocycles. The Bertz CT molecular complexity index is 514. The van der Waals surface area contributed by atoms with Crippen LogP contribution in [0.5, 0.6) is 0 Å². The predicted molar refractivity (Wildman–Crippen MR) is 77.9 cm³/mol. The van der Waals surface area contributed by atoms with Crippen LogP contribution in [0.15, 0.2) is 24.4 Å². The SMILES string of the molecule is CCC(NCc1cc(C)c(C)s1)c1ccc(F)cn1. The van der Waals surface area contributed by atoms with Gasteiger partial charge in [0.2, 0.25) is 0 Å². The van der Waals surface area contributed by atoms with E-state index < -0.39 is 0 Å². The lowest BCUT2D eigenvalue weighted by atomic mass is 10.1. The Morgan fingerprint density at radius 2 is 2.16 bits per heavy atom. The molecule has 19 heavy (non-hydrogen) atoms. The molecular weight excluding hydrogens is 259 g/mol. The maximum absolute atomic E-state index is 12.9. The second-order valence-electron chi connectivity index (χ2n) is 4.69. The number of hydrogen-bond donors (Lipinski definition) is 1. The number of nitrogens with zero attached hydrogens (tertiary/aromatic N) is 1. The van der Waals surface area contributed by atoms with Gasteiger partial charge >= 0.3 is 0 Å². The highest BCUT2D eigenvalue weighted by atomic mass is 32.1. The van der Waals surface area contributed by atoms with Crippen LogP contribution in [0.1, 0.15) is 40.4 Å². The summed E-state index contributed by atoms with van der Waals surface area (Å²) in [6.07, 6.45) is 2.21. The molecule has 0 aliphatic heterocycles. The minimum absolute atomic E-state index is 0.170. The fourth-order valence-corrected chi connectivity index (χ4v) is 3.02. The molecule has 2 nitrogen and oxygen atoms in total. The Morgan fingerprint density at radius 3 is 2.68 bits per heavy atom. The first-order chi connectivity index (χ1) is 9.10. The summed E-state index contributed by atoms with van der Waals surface area (Å²) in [6, 6.07) is 5.61. The molecule has 0 aliphatic carbocycles. The molecule has 102 valence electrons. The predicted octanol–water partition coefficient (Wildman–Crippen LogP) is 4.14. The van der Waals surface area contributed by atoms with E-state index >= 15 is 0 Å². The van der Waals surface area contributed by atoms with Gasteiger partial charge in [0, 0.05) is 22.3 Å². The molecule has 0 fully saturated rings. The van der Waals surface area contributed by atoms with Gasteiger partial charge in [0.1, 0.15) is 5.82 Å². The monoisotopic (exact) mass is 278 g/mol. The van der Waals surface area contributed by atoms with Gasteiger partial charge in [0.15, 0.2) is 0 Å². The van der Waals surface area contributed by atoms with Gasteiger partial charge in [-0.25, -0.2) is 4.39 Å². The highest BCUT2D eigenvalue weighted by molar-refractivity contribution is 7.12. The standard InChI is InChI=1S/C15H19FN2S/c1-4-14(15-6-5-12(16)8-17-15)18-9-13-7-10(2)11(3)19-13/h5-8,14,18H,4,9H2,1-3H3. The second-order valence-corrected chi connectivity index (χ2v) is 6.04. The number of thiophene rings is 1. The Balaban J connectivity index is 2.01. The molecule has 0 amide bonds. The number of nitrogens with one attached hydrogen (secondary N) is 1. The zero-order valence-electron chi connectivity index (χ0n) is 11.5. The fourth-order valence-electron chi connectivity index (χ4n) is 2.01. The van der Waals surface area contributed by atoms with Crippen LogP contribution in [0.4, 0.5) is 4.39 Å². The maximum Gasteiger partial charge on any atom is 0.141 e. The number of pyridine rings is 1. The van der Waals surface area contributed by atoms with Crippen LogP contribution < -0.4 is 5.32 Å². The number of aromatic nitrogens is 1. The van der Waals surface area contributed by atoms with Crippen LogP contribution in [0, 0.1) is 19.7 Å². The molecule has 0 spiro atoms. The Hall–Kier alpha value is -1.26. The van der Waals surface area contributed by atoms with Crippen molar-refractivity contribution in [3.8, 4) is 0 Å². The van der Waals surface area contributed by atoms with Gasteiger partial charge in [-0.05, 0) is 44.0 Å². The van der Waals surface area contributed by atoms with E-state index in [1.807, 2.05) is 11.3 Å². The largest absolute Gasteiger partial charge is 0.304 e. The van der Waals surface area contributed by atoms with Crippen molar-refractivity contribution in [1.82, 2.24) is 10.3 Å². The Kier molecular flexibility index (Phi) is 4.66. The number of aryl methyl sites for hydroxylation is 2. The normalized spacial score (nSPS) is 12.6. The third kappa shape index (κ3) is 3.61. The highest BCUT2D eigenvalue weighted by Gasteiger charge is 2.11. The number of halogens is 1. The summed E-state index contributed by atoms with van der Waals surface area (Å²) >= 11 is 1.82. The molecule has 1 N–H and O–H groups in total. The van der Waals surface area contributed by atoms with E-state index in [0.29, 0.717) is 0 Å². The van der Waals surface area contributed by atoms with Crippen LogP contribution >= 0.6 is 11.3 Å². The summed E-state index contributed by atoms with van der Waals surface area (Å²) in [5.74, 6) is -0.289. The maximum atomic E-state index is 12.9. The van der Waals surface area contributed by atoms with Gasteiger partial charge in [-0.1, -0.05) is 6.92 Å². The summed E-state index contributed by atoms with van der Waals surface area (Å²) < 4.78 is 12.9. The summed E-state index contributed by atoms with van der Waals surface area (Å²) in [4.78, 5) is 6.85. The molecular formula is C15H19FN2S. The van der Waals surface area contributed by atoms with Gasteiger partial charge in [0.25, 0.3) is 0 Å². The quantitative estimate of drug-likeness (QED) is 0.889. The Labute approximate surface area is 117 Å². The van der Waals surface area contributed by atoms with Crippen molar-refractivity contribution in [3.63, 3.8) is 0 Å². The van der Waals surface area contributed by atoms with E-state index in [9.17, 15) is 4.39 Å². The van der Waals surface area contributed by atoms with Crippen molar-refractivity contribution in [2.75, 3.05) is 0 Å². The van der Waals surface area contributed by atoms with Gasteiger partial charge in [-0.2, -0.15) is 0 Å². The first kappa shape index (κ1) is 14.2. The van der Waals surface area contributed by atoms with E-state index in [1.165, 1.54) is 27.6 Å². The van der Waals surface area contributed by atoms with E-state index in [2.05, 4.69) is 37.1 Å². The van der Waals surface area contributed by atoms with Crippen LogP contribution in [-0.2, 0) is 6.54 Å².